The second kappa shape index (κ2) is 10.9. The molecular formula is C22H29N3O6. The van der Waals surface area contributed by atoms with Gasteiger partial charge in [0, 0.05) is 42.7 Å². The maximum Gasteiger partial charge on any atom is 0.414 e. The molecule has 1 amide bonds. The van der Waals surface area contributed by atoms with Gasteiger partial charge in [0.2, 0.25) is 5.91 Å². The van der Waals surface area contributed by atoms with Crippen LogP contribution in [0.2, 0.25) is 0 Å². The number of piperidine rings is 1. The quantitative estimate of drug-likeness (QED) is 0.531. The Morgan fingerprint density at radius 2 is 1.81 bits per heavy atom. The van der Waals surface area contributed by atoms with Crippen LogP contribution in [0.4, 0.5) is 0 Å². The number of hydrogen-bond donors (Lipinski definition) is 4. The number of amides is 1. The molecule has 2 aromatic rings. The number of carbonyl (C=O) groups excluding carboxylic acids is 1. The summed E-state index contributed by atoms with van der Waals surface area (Å²) in [6.07, 6.45) is 6.42. The van der Waals surface area contributed by atoms with Crippen molar-refractivity contribution in [3.8, 4) is 0 Å². The van der Waals surface area contributed by atoms with Crippen LogP contribution in [0.1, 0.15) is 31.2 Å². The number of aromatic amines is 1. The van der Waals surface area contributed by atoms with Crippen molar-refractivity contribution in [1.29, 1.82) is 0 Å². The van der Waals surface area contributed by atoms with Crippen LogP contribution in [0.25, 0.3) is 10.9 Å². The number of nitrogens with zero attached hydrogens (tertiary/aromatic N) is 1. The highest BCUT2D eigenvalue weighted by molar-refractivity contribution is 6.27. The second-order valence-electron chi connectivity index (χ2n) is 7.90. The van der Waals surface area contributed by atoms with E-state index in [1.807, 2.05) is 0 Å². The molecule has 2 aliphatic rings. The fraction of sp³-hybridized carbons (Fsp3) is 0.500. The number of H-pyrrole nitrogens is 1. The van der Waals surface area contributed by atoms with Gasteiger partial charge in [-0.15, -0.1) is 0 Å². The third kappa shape index (κ3) is 6.53. The van der Waals surface area contributed by atoms with Crippen LogP contribution in [0.3, 0.4) is 0 Å². The van der Waals surface area contributed by atoms with E-state index in [1.165, 1.54) is 16.5 Å². The molecule has 0 bridgehead atoms. The van der Waals surface area contributed by atoms with Gasteiger partial charge in [0.05, 0.1) is 6.10 Å². The number of aromatic nitrogens is 1. The van der Waals surface area contributed by atoms with Gasteiger partial charge in [0.1, 0.15) is 0 Å². The molecule has 2 aliphatic heterocycles. The van der Waals surface area contributed by atoms with Crippen molar-refractivity contribution in [2.75, 3.05) is 26.2 Å². The summed E-state index contributed by atoms with van der Waals surface area (Å²) in [4.78, 5) is 36.4. The molecule has 0 saturated carbocycles. The third-order valence-corrected chi connectivity index (χ3v) is 5.74. The van der Waals surface area contributed by atoms with Crippen LogP contribution < -0.4 is 5.32 Å². The summed E-state index contributed by atoms with van der Waals surface area (Å²) in [7, 11) is 0. The number of hydrogen-bond acceptors (Lipinski definition) is 5. The van der Waals surface area contributed by atoms with E-state index in [0.29, 0.717) is 6.54 Å². The van der Waals surface area contributed by atoms with Crippen molar-refractivity contribution < 1.29 is 29.3 Å². The Bertz CT molecular complexity index is 886. The van der Waals surface area contributed by atoms with E-state index in [9.17, 15) is 4.79 Å². The predicted molar refractivity (Wildman–Crippen MR) is 114 cm³/mol. The Morgan fingerprint density at radius 1 is 1.10 bits per heavy atom. The first kappa shape index (κ1) is 22.8. The van der Waals surface area contributed by atoms with Gasteiger partial charge in [-0.05, 0) is 50.4 Å². The number of nitrogens with one attached hydrogen (secondary N) is 2. The Balaban J connectivity index is 0.000000401. The predicted octanol–water partition coefficient (Wildman–Crippen LogP) is 1.83. The van der Waals surface area contributed by atoms with Crippen LogP contribution in [-0.4, -0.2) is 70.3 Å². The van der Waals surface area contributed by atoms with Crippen LogP contribution in [0, 0.1) is 5.92 Å². The minimum atomic E-state index is -1.82. The zero-order chi connectivity index (χ0) is 22.2. The van der Waals surface area contributed by atoms with Crippen molar-refractivity contribution in [2.45, 2.75) is 38.3 Å². The van der Waals surface area contributed by atoms with Gasteiger partial charge in [-0.3, -0.25) is 9.69 Å². The first-order valence-corrected chi connectivity index (χ1v) is 10.6. The average Bonchev–Trinajstić information content (AvgIpc) is 3.43. The number of carboxylic acids is 2. The summed E-state index contributed by atoms with van der Waals surface area (Å²) in [6, 6.07) is 8.43. The third-order valence-electron chi connectivity index (χ3n) is 5.74. The summed E-state index contributed by atoms with van der Waals surface area (Å²) in [6.45, 7) is 4.43. The molecule has 3 heterocycles. The van der Waals surface area contributed by atoms with Gasteiger partial charge >= 0.3 is 11.9 Å². The first-order chi connectivity index (χ1) is 14.9. The number of fused-ring (bicyclic) bond motifs is 1. The van der Waals surface area contributed by atoms with E-state index in [1.54, 1.807) is 0 Å². The van der Waals surface area contributed by atoms with E-state index < -0.39 is 11.9 Å². The van der Waals surface area contributed by atoms with E-state index >= 15 is 0 Å². The second-order valence-corrected chi connectivity index (χ2v) is 7.90. The van der Waals surface area contributed by atoms with Crippen LogP contribution in [0.5, 0.6) is 0 Å². The highest BCUT2D eigenvalue weighted by Gasteiger charge is 2.26. The number of ether oxygens (including phenoxy) is 1. The maximum atomic E-state index is 12.4. The number of para-hydroxylation sites is 1. The molecule has 2 saturated heterocycles. The Kier molecular flexibility index (Phi) is 8.02. The van der Waals surface area contributed by atoms with Gasteiger partial charge in [-0.25, -0.2) is 9.59 Å². The topological polar surface area (TPSA) is 132 Å². The molecule has 2 fully saturated rings. The molecule has 0 aliphatic carbocycles. The zero-order valence-electron chi connectivity index (χ0n) is 17.4. The van der Waals surface area contributed by atoms with Crippen molar-refractivity contribution in [3.05, 3.63) is 36.0 Å². The number of aliphatic carboxylic acids is 2. The van der Waals surface area contributed by atoms with Gasteiger partial charge < -0.3 is 25.3 Å². The molecule has 9 nitrogen and oxygen atoms in total. The number of benzene rings is 1. The Hall–Kier alpha value is -2.91. The van der Waals surface area contributed by atoms with Crippen molar-refractivity contribution in [3.63, 3.8) is 0 Å². The lowest BCUT2D eigenvalue weighted by Crippen LogP contribution is -2.42. The molecule has 1 unspecified atom stereocenters. The fourth-order valence-corrected chi connectivity index (χ4v) is 4.02. The highest BCUT2D eigenvalue weighted by atomic mass is 16.5. The van der Waals surface area contributed by atoms with Crippen LogP contribution in [0.15, 0.2) is 30.5 Å². The minimum absolute atomic E-state index is 0.153. The summed E-state index contributed by atoms with van der Waals surface area (Å²) in [5.74, 6) is -3.28. The molecule has 4 N–H and O–H groups in total. The highest BCUT2D eigenvalue weighted by Crippen LogP contribution is 2.23. The molecule has 1 aromatic heterocycles. The standard InChI is InChI=1S/C20H27N3O2.C2H2O4/c24-20(22-13-17-4-3-11-25-17)15-7-9-23(10-8-15)14-16-12-21-19-6-2-1-5-18(16)19;3-1(4)2(5)6/h1-2,5-6,12,15,17,21H,3-4,7-11,13-14H2,(H,22,24);(H,3,4)(H,5,6). The molecular weight excluding hydrogens is 402 g/mol. The van der Waals surface area contributed by atoms with E-state index in [2.05, 4.69) is 45.7 Å². The SMILES string of the molecule is O=C(NCC1CCCO1)C1CCN(Cc2c[nH]c3ccccc23)CC1.O=C(O)C(=O)O. The smallest absolute Gasteiger partial charge is 0.414 e. The van der Waals surface area contributed by atoms with E-state index in [4.69, 9.17) is 24.5 Å². The Labute approximate surface area is 180 Å². The van der Waals surface area contributed by atoms with Crippen molar-refractivity contribution >= 4 is 28.7 Å². The van der Waals surface area contributed by atoms with Gasteiger partial charge in [-0.1, -0.05) is 18.2 Å². The minimum Gasteiger partial charge on any atom is -0.473 e. The first-order valence-electron chi connectivity index (χ1n) is 10.6. The zero-order valence-corrected chi connectivity index (χ0v) is 17.4. The van der Waals surface area contributed by atoms with Crippen molar-refractivity contribution in [2.24, 2.45) is 5.92 Å². The van der Waals surface area contributed by atoms with Crippen molar-refractivity contribution in [1.82, 2.24) is 15.2 Å². The number of carbonyl (C=O) groups is 3. The fourth-order valence-electron chi connectivity index (χ4n) is 4.02. The molecule has 168 valence electrons. The lowest BCUT2D eigenvalue weighted by Gasteiger charge is -2.31. The molecule has 9 heteroatoms. The van der Waals surface area contributed by atoms with Gasteiger partial charge in [0.15, 0.2) is 0 Å². The van der Waals surface area contributed by atoms with E-state index in [-0.39, 0.29) is 17.9 Å². The Morgan fingerprint density at radius 3 is 2.45 bits per heavy atom. The maximum absolute atomic E-state index is 12.4. The molecule has 31 heavy (non-hydrogen) atoms. The summed E-state index contributed by atoms with van der Waals surface area (Å²) < 4.78 is 5.58. The molecule has 1 atom stereocenters. The number of rotatable bonds is 5. The van der Waals surface area contributed by atoms with Crippen LogP contribution >= 0.6 is 0 Å². The average molecular weight is 431 g/mol. The normalized spacial score (nSPS) is 19.5. The van der Waals surface area contributed by atoms with Gasteiger partial charge in [-0.2, -0.15) is 0 Å². The van der Waals surface area contributed by atoms with Gasteiger partial charge in [0.25, 0.3) is 0 Å². The summed E-state index contributed by atoms with van der Waals surface area (Å²) >= 11 is 0. The monoisotopic (exact) mass is 431 g/mol. The number of carboxylic acid groups (broad SMARTS) is 2. The van der Waals surface area contributed by atoms with Crippen LogP contribution in [-0.2, 0) is 25.7 Å². The number of likely N-dealkylation sites (tertiary alicyclic amines) is 1. The molecule has 4 rings (SSSR count). The molecule has 0 radical (unpaired) electrons. The molecule has 1 aromatic carbocycles. The summed E-state index contributed by atoms with van der Waals surface area (Å²) in [5.41, 5.74) is 2.54. The summed E-state index contributed by atoms with van der Waals surface area (Å²) in [5, 5.41) is 19.2. The van der Waals surface area contributed by atoms with E-state index in [0.717, 1.165) is 51.9 Å². The lowest BCUT2D eigenvalue weighted by atomic mass is 9.95. The largest absolute Gasteiger partial charge is 0.473 e. The lowest BCUT2D eigenvalue weighted by molar-refractivity contribution is -0.159. The molecule has 0 spiro atoms.